The normalized spacial score (nSPS) is 18.1. The molecule has 2 heterocycles. The molecule has 0 bridgehead atoms. The Morgan fingerprint density at radius 1 is 1.04 bits per heavy atom. The van der Waals surface area contributed by atoms with E-state index in [0.717, 1.165) is 29.6 Å². The van der Waals surface area contributed by atoms with E-state index in [-0.39, 0.29) is 5.91 Å². The Labute approximate surface area is 154 Å². The lowest BCUT2D eigenvalue weighted by molar-refractivity contribution is -0.113. The monoisotopic (exact) mass is 363 g/mol. The van der Waals surface area contributed by atoms with Crippen molar-refractivity contribution in [3.05, 3.63) is 29.8 Å². The van der Waals surface area contributed by atoms with Crippen molar-refractivity contribution in [1.29, 1.82) is 0 Å². The van der Waals surface area contributed by atoms with Gasteiger partial charge in [-0.15, -0.1) is 0 Å². The van der Waals surface area contributed by atoms with Crippen molar-refractivity contribution in [2.24, 2.45) is 0 Å². The molecule has 4 nitrogen and oxygen atoms in total. The zero-order chi connectivity index (χ0) is 16.8. The molecule has 130 valence electrons. The van der Waals surface area contributed by atoms with Crippen molar-refractivity contribution in [3.8, 4) is 0 Å². The van der Waals surface area contributed by atoms with Gasteiger partial charge >= 0.3 is 0 Å². The summed E-state index contributed by atoms with van der Waals surface area (Å²) in [6, 6.07) is 8.20. The molecule has 0 radical (unpaired) electrons. The van der Waals surface area contributed by atoms with Crippen LogP contribution in [0.2, 0.25) is 0 Å². The highest BCUT2D eigenvalue weighted by Gasteiger charge is 2.16. The van der Waals surface area contributed by atoms with E-state index in [9.17, 15) is 4.79 Å². The summed E-state index contributed by atoms with van der Waals surface area (Å²) in [6.45, 7) is 5.48. The van der Waals surface area contributed by atoms with Crippen LogP contribution in [0.4, 0.5) is 5.69 Å². The van der Waals surface area contributed by atoms with Crippen LogP contribution in [0.15, 0.2) is 24.3 Å². The predicted molar refractivity (Wildman–Crippen MR) is 105 cm³/mol. The SMILES string of the molecule is O=C(CSC(=S)N1CCCC1)Nc1ccc(CN2CCCC2)cc1. The van der Waals surface area contributed by atoms with Gasteiger partial charge in [0.25, 0.3) is 0 Å². The van der Waals surface area contributed by atoms with E-state index >= 15 is 0 Å². The van der Waals surface area contributed by atoms with E-state index in [1.165, 1.54) is 56.1 Å². The molecule has 0 aliphatic carbocycles. The molecule has 6 heteroatoms. The number of benzene rings is 1. The zero-order valence-corrected chi connectivity index (χ0v) is 15.6. The minimum atomic E-state index is 0.00819. The highest BCUT2D eigenvalue weighted by Crippen LogP contribution is 2.18. The molecule has 2 aliphatic heterocycles. The second kappa shape index (κ2) is 8.83. The Balaban J connectivity index is 1.41. The van der Waals surface area contributed by atoms with Crippen LogP contribution in [0.25, 0.3) is 0 Å². The summed E-state index contributed by atoms with van der Waals surface area (Å²) in [5.74, 6) is 0.388. The lowest BCUT2D eigenvalue weighted by Gasteiger charge is -2.17. The Hall–Kier alpha value is -1.11. The van der Waals surface area contributed by atoms with E-state index in [1.807, 2.05) is 12.1 Å². The van der Waals surface area contributed by atoms with Crippen LogP contribution in [0.3, 0.4) is 0 Å². The summed E-state index contributed by atoms with van der Waals surface area (Å²) in [5.41, 5.74) is 2.16. The first-order valence-electron chi connectivity index (χ1n) is 8.73. The van der Waals surface area contributed by atoms with Crippen LogP contribution in [-0.4, -0.2) is 52.0 Å². The zero-order valence-electron chi connectivity index (χ0n) is 14.0. The van der Waals surface area contributed by atoms with Crippen LogP contribution in [-0.2, 0) is 11.3 Å². The Bertz CT molecular complexity index is 564. The smallest absolute Gasteiger partial charge is 0.234 e. The fourth-order valence-electron chi connectivity index (χ4n) is 3.21. The molecule has 2 fully saturated rings. The van der Waals surface area contributed by atoms with Gasteiger partial charge in [0.15, 0.2) is 0 Å². The highest BCUT2D eigenvalue weighted by atomic mass is 32.2. The van der Waals surface area contributed by atoms with Crippen LogP contribution in [0.1, 0.15) is 31.2 Å². The maximum absolute atomic E-state index is 12.1. The summed E-state index contributed by atoms with van der Waals surface area (Å²) in [4.78, 5) is 16.7. The molecule has 0 spiro atoms. The minimum absolute atomic E-state index is 0.00819. The molecular formula is C18H25N3OS2. The third-order valence-electron chi connectivity index (χ3n) is 4.53. The molecule has 0 aromatic heterocycles. The molecule has 0 unspecified atom stereocenters. The molecule has 1 amide bonds. The van der Waals surface area contributed by atoms with Crippen LogP contribution >= 0.6 is 24.0 Å². The number of hydrogen-bond acceptors (Lipinski definition) is 4. The number of amides is 1. The van der Waals surface area contributed by atoms with Crippen molar-refractivity contribution in [3.63, 3.8) is 0 Å². The number of rotatable bonds is 5. The van der Waals surface area contributed by atoms with Gasteiger partial charge in [-0.25, -0.2) is 0 Å². The van der Waals surface area contributed by atoms with Crippen LogP contribution in [0.5, 0.6) is 0 Å². The average molecular weight is 364 g/mol. The third kappa shape index (κ3) is 5.19. The lowest BCUT2D eigenvalue weighted by Crippen LogP contribution is -2.25. The van der Waals surface area contributed by atoms with Gasteiger partial charge in [0.2, 0.25) is 5.91 Å². The fraction of sp³-hybridized carbons (Fsp3) is 0.556. The van der Waals surface area contributed by atoms with Gasteiger partial charge < -0.3 is 10.2 Å². The van der Waals surface area contributed by atoms with Crippen molar-refractivity contribution in [2.45, 2.75) is 32.2 Å². The molecule has 1 N–H and O–H groups in total. The fourth-order valence-corrected chi connectivity index (χ4v) is 4.26. The van der Waals surface area contributed by atoms with Crippen molar-refractivity contribution in [2.75, 3.05) is 37.2 Å². The van der Waals surface area contributed by atoms with Gasteiger partial charge in [0.05, 0.1) is 5.75 Å². The van der Waals surface area contributed by atoms with Gasteiger partial charge in [-0.1, -0.05) is 36.1 Å². The van der Waals surface area contributed by atoms with E-state index in [1.54, 1.807) is 0 Å². The van der Waals surface area contributed by atoms with Crippen LogP contribution in [0, 0.1) is 0 Å². The summed E-state index contributed by atoms with van der Waals surface area (Å²) in [7, 11) is 0. The number of likely N-dealkylation sites (tertiary alicyclic amines) is 2. The number of thiocarbonyl (C=S) groups is 1. The molecule has 1 aromatic rings. The molecule has 2 saturated heterocycles. The summed E-state index contributed by atoms with van der Waals surface area (Å²) < 4.78 is 0.851. The lowest BCUT2D eigenvalue weighted by atomic mass is 10.2. The standard InChI is InChI=1S/C18H25N3OS2/c22-17(14-24-18(23)21-11-3-4-12-21)19-16-7-5-15(6-8-16)13-20-9-1-2-10-20/h5-8H,1-4,9-14H2,(H,19,22). The second-order valence-electron chi connectivity index (χ2n) is 6.48. The van der Waals surface area contributed by atoms with Crippen molar-refractivity contribution in [1.82, 2.24) is 9.80 Å². The number of nitrogens with one attached hydrogen (secondary N) is 1. The topological polar surface area (TPSA) is 35.6 Å². The number of carbonyl (C=O) groups excluding carboxylic acids is 1. The van der Waals surface area contributed by atoms with Crippen LogP contribution < -0.4 is 5.32 Å². The molecule has 0 saturated carbocycles. The second-order valence-corrected chi connectivity index (χ2v) is 8.09. The number of anilines is 1. The highest BCUT2D eigenvalue weighted by molar-refractivity contribution is 8.23. The van der Waals surface area contributed by atoms with Gasteiger partial charge in [0, 0.05) is 25.3 Å². The van der Waals surface area contributed by atoms with Gasteiger partial charge in [-0.2, -0.15) is 0 Å². The average Bonchev–Trinajstić information content (AvgIpc) is 3.28. The first-order chi connectivity index (χ1) is 11.7. The largest absolute Gasteiger partial charge is 0.358 e. The van der Waals surface area contributed by atoms with Gasteiger partial charge in [-0.05, 0) is 56.5 Å². The summed E-state index contributed by atoms with van der Waals surface area (Å²) >= 11 is 6.85. The van der Waals surface area contributed by atoms with Crippen molar-refractivity contribution >= 4 is 39.9 Å². The number of nitrogens with zero attached hydrogens (tertiary/aromatic N) is 2. The number of thioether (sulfide) groups is 1. The summed E-state index contributed by atoms with van der Waals surface area (Å²) in [5, 5.41) is 2.96. The quantitative estimate of drug-likeness (QED) is 0.812. The van der Waals surface area contributed by atoms with E-state index in [0.29, 0.717) is 5.75 Å². The summed E-state index contributed by atoms with van der Waals surface area (Å²) in [6.07, 6.45) is 5.03. The number of carbonyl (C=O) groups is 1. The van der Waals surface area contributed by atoms with Crippen molar-refractivity contribution < 1.29 is 4.79 Å². The first kappa shape index (κ1) is 17.7. The molecule has 3 rings (SSSR count). The maximum atomic E-state index is 12.1. The maximum Gasteiger partial charge on any atom is 0.234 e. The van der Waals surface area contributed by atoms with Gasteiger partial charge in [0.1, 0.15) is 4.32 Å². The Morgan fingerprint density at radius 2 is 1.67 bits per heavy atom. The Morgan fingerprint density at radius 3 is 2.33 bits per heavy atom. The van der Waals surface area contributed by atoms with E-state index in [2.05, 4.69) is 27.2 Å². The third-order valence-corrected chi connectivity index (χ3v) is 6.06. The molecule has 1 aromatic carbocycles. The molecular weight excluding hydrogens is 338 g/mol. The molecule has 24 heavy (non-hydrogen) atoms. The number of hydrogen-bond donors (Lipinski definition) is 1. The molecule has 0 atom stereocenters. The predicted octanol–water partition coefficient (Wildman–Crippen LogP) is 3.33. The Kier molecular flexibility index (Phi) is 6.51. The first-order valence-corrected chi connectivity index (χ1v) is 10.1. The van der Waals surface area contributed by atoms with Gasteiger partial charge in [-0.3, -0.25) is 9.69 Å². The van der Waals surface area contributed by atoms with E-state index < -0.39 is 0 Å². The minimum Gasteiger partial charge on any atom is -0.358 e. The molecule has 2 aliphatic rings. The van der Waals surface area contributed by atoms with E-state index in [4.69, 9.17) is 12.2 Å².